The minimum absolute atomic E-state index is 0.0281. The van der Waals surface area contributed by atoms with Gasteiger partial charge in [0.1, 0.15) is 5.75 Å². The highest BCUT2D eigenvalue weighted by Gasteiger charge is 2.48. The Morgan fingerprint density at radius 3 is 2.61 bits per heavy atom. The van der Waals surface area contributed by atoms with Crippen LogP contribution in [0.4, 0.5) is 13.2 Å². The molecule has 1 aromatic rings. The highest BCUT2D eigenvalue weighted by Crippen LogP contribution is 2.40. The number of hydrogen-bond acceptors (Lipinski definition) is 3. The minimum atomic E-state index is -4.90. The molecule has 0 saturated carbocycles. The lowest BCUT2D eigenvalue weighted by Gasteiger charge is -2.29. The Morgan fingerprint density at radius 2 is 2.06 bits per heavy atom. The summed E-state index contributed by atoms with van der Waals surface area (Å²) in [6, 6.07) is 3.67. The maximum atomic E-state index is 12.6. The topological polar surface area (TPSA) is 69.6 Å². The average Bonchev–Trinajstić information content (AvgIpc) is 2.26. The molecule has 0 aliphatic carbocycles. The summed E-state index contributed by atoms with van der Waals surface area (Å²) in [5, 5.41) is 20.1. The Kier molecular flexibility index (Phi) is 2.68. The van der Waals surface area contributed by atoms with Crippen molar-refractivity contribution in [1.29, 1.82) is 0 Å². The van der Waals surface area contributed by atoms with Crippen LogP contribution < -0.4 is 9.84 Å². The number of carboxylic acids is 1. The highest BCUT2D eigenvalue weighted by molar-refractivity contribution is 5.95. The molecule has 2 rings (SSSR count). The SMILES string of the molecule is O=C(O)C1=Cc2cccc([O-])c2OC1C(F)(F)F. The second-order valence-electron chi connectivity index (χ2n) is 3.62. The zero-order valence-electron chi connectivity index (χ0n) is 8.69. The summed E-state index contributed by atoms with van der Waals surface area (Å²) in [5.74, 6) is -2.94. The number of carboxylic acid groups (broad SMARTS) is 1. The number of carbonyl (C=O) groups is 1. The summed E-state index contributed by atoms with van der Waals surface area (Å²) in [4.78, 5) is 10.8. The molecule has 0 aromatic heterocycles. The van der Waals surface area contributed by atoms with Crippen molar-refractivity contribution < 1.29 is 32.9 Å². The van der Waals surface area contributed by atoms with Crippen LogP contribution in [0.15, 0.2) is 23.8 Å². The first kappa shape index (κ1) is 12.3. The van der Waals surface area contributed by atoms with Gasteiger partial charge in [0, 0.05) is 5.56 Å². The molecule has 0 amide bonds. The van der Waals surface area contributed by atoms with E-state index in [-0.39, 0.29) is 5.56 Å². The van der Waals surface area contributed by atoms with E-state index in [0.717, 1.165) is 12.1 Å². The van der Waals surface area contributed by atoms with Crippen molar-refractivity contribution in [2.75, 3.05) is 0 Å². The van der Waals surface area contributed by atoms with Crippen LogP contribution in [0, 0.1) is 0 Å². The molecule has 0 spiro atoms. The van der Waals surface area contributed by atoms with Crippen LogP contribution >= 0.6 is 0 Å². The fourth-order valence-electron chi connectivity index (χ4n) is 1.61. The lowest BCUT2D eigenvalue weighted by molar-refractivity contribution is -0.272. The van der Waals surface area contributed by atoms with Crippen molar-refractivity contribution in [2.45, 2.75) is 12.3 Å². The molecule has 1 heterocycles. The number of fused-ring (bicyclic) bond motifs is 1. The zero-order chi connectivity index (χ0) is 13.5. The molecule has 1 atom stereocenters. The summed E-state index contributed by atoms with van der Waals surface area (Å²) >= 11 is 0. The van der Waals surface area contributed by atoms with Crippen molar-refractivity contribution in [3.8, 4) is 11.5 Å². The van der Waals surface area contributed by atoms with Crippen LogP contribution in [0.3, 0.4) is 0 Å². The monoisotopic (exact) mass is 259 g/mol. The molecule has 0 radical (unpaired) electrons. The number of para-hydroxylation sites is 1. The Labute approximate surface area is 98.9 Å². The van der Waals surface area contributed by atoms with Crippen LogP contribution in [0.1, 0.15) is 5.56 Å². The quantitative estimate of drug-likeness (QED) is 0.830. The summed E-state index contributed by atoms with van der Waals surface area (Å²) in [7, 11) is 0. The number of hydrogen-bond donors (Lipinski definition) is 1. The van der Waals surface area contributed by atoms with Crippen LogP contribution in [0.2, 0.25) is 0 Å². The smallest absolute Gasteiger partial charge is 0.430 e. The van der Waals surface area contributed by atoms with Crippen LogP contribution in [0.25, 0.3) is 6.08 Å². The molecule has 0 fully saturated rings. The van der Waals surface area contributed by atoms with Gasteiger partial charge in [-0.2, -0.15) is 13.2 Å². The summed E-state index contributed by atoms with van der Waals surface area (Å²) < 4.78 is 42.5. The minimum Gasteiger partial charge on any atom is -0.870 e. The summed E-state index contributed by atoms with van der Waals surface area (Å²) in [6.45, 7) is 0. The molecule has 96 valence electrons. The first-order valence-electron chi connectivity index (χ1n) is 4.79. The van der Waals surface area contributed by atoms with E-state index in [9.17, 15) is 23.1 Å². The van der Waals surface area contributed by atoms with Gasteiger partial charge >= 0.3 is 12.1 Å². The van der Waals surface area contributed by atoms with E-state index in [2.05, 4.69) is 4.74 Å². The molecule has 1 aromatic carbocycles. The molecule has 1 unspecified atom stereocenters. The highest BCUT2D eigenvalue weighted by atomic mass is 19.4. The molecule has 1 aliphatic heterocycles. The van der Waals surface area contributed by atoms with Gasteiger partial charge in [-0.25, -0.2) is 4.79 Å². The van der Waals surface area contributed by atoms with Gasteiger partial charge in [-0.05, 0) is 6.08 Å². The number of rotatable bonds is 1. The number of benzene rings is 1. The van der Waals surface area contributed by atoms with Crippen molar-refractivity contribution >= 4 is 12.0 Å². The van der Waals surface area contributed by atoms with Crippen molar-refractivity contribution in [1.82, 2.24) is 0 Å². The molecule has 7 heteroatoms. The number of aliphatic carboxylic acids is 1. The molecule has 0 saturated heterocycles. The summed E-state index contributed by atoms with van der Waals surface area (Å²) in [5.41, 5.74) is -0.916. The van der Waals surface area contributed by atoms with Crippen molar-refractivity contribution in [3.63, 3.8) is 0 Å². The molecule has 1 N–H and O–H groups in total. The number of halogens is 3. The Morgan fingerprint density at radius 1 is 1.39 bits per heavy atom. The van der Waals surface area contributed by atoms with E-state index < -0.39 is 35.3 Å². The molecular formula is C11H6F3O4-. The van der Waals surface area contributed by atoms with Gasteiger partial charge in [0.15, 0.2) is 0 Å². The third-order valence-corrected chi connectivity index (χ3v) is 2.38. The standard InChI is InChI=1S/C11H7F3O4/c12-11(13,14)9-6(10(16)17)4-5-2-1-3-7(15)8(5)18-9/h1-4,9,15H,(H,16,17)/p-1. The van der Waals surface area contributed by atoms with E-state index in [0.29, 0.717) is 0 Å². The van der Waals surface area contributed by atoms with Crippen LogP contribution in [-0.2, 0) is 4.79 Å². The van der Waals surface area contributed by atoms with Gasteiger partial charge < -0.3 is 14.9 Å². The van der Waals surface area contributed by atoms with Gasteiger partial charge in [-0.15, -0.1) is 0 Å². The fraction of sp³-hybridized carbons (Fsp3) is 0.182. The van der Waals surface area contributed by atoms with Gasteiger partial charge in [0.25, 0.3) is 0 Å². The predicted octanol–water partition coefficient (Wildman–Crippen LogP) is 1.55. The Hall–Kier alpha value is -2.18. The summed E-state index contributed by atoms with van der Waals surface area (Å²) in [6.07, 6.45) is -6.72. The maximum Gasteiger partial charge on any atom is 0.430 e. The van der Waals surface area contributed by atoms with Crippen LogP contribution in [0.5, 0.6) is 11.5 Å². The van der Waals surface area contributed by atoms with Gasteiger partial charge in [0.05, 0.1) is 5.57 Å². The predicted molar refractivity (Wildman–Crippen MR) is 52.0 cm³/mol. The molecule has 1 aliphatic rings. The first-order valence-corrected chi connectivity index (χ1v) is 4.79. The Bertz CT molecular complexity index is 534. The van der Waals surface area contributed by atoms with E-state index in [1.165, 1.54) is 12.1 Å². The van der Waals surface area contributed by atoms with E-state index in [1.807, 2.05) is 0 Å². The normalized spacial score (nSPS) is 18.6. The lowest BCUT2D eigenvalue weighted by Crippen LogP contribution is -2.40. The average molecular weight is 259 g/mol. The van der Waals surface area contributed by atoms with Crippen molar-refractivity contribution in [2.24, 2.45) is 0 Å². The van der Waals surface area contributed by atoms with Crippen LogP contribution in [-0.4, -0.2) is 23.4 Å². The van der Waals surface area contributed by atoms with Gasteiger partial charge in [-0.3, -0.25) is 0 Å². The number of alkyl halides is 3. The van der Waals surface area contributed by atoms with Crippen molar-refractivity contribution in [3.05, 3.63) is 29.3 Å². The molecule has 4 nitrogen and oxygen atoms in total. The molecular weight excluding hydrogens is 253 g/mol. The third-order valence-electron chi connectivity index (χ3n) is 2.38. The van der Waals surface area contributed by atoms with E-state index in [4.69, 9.17) is 5.11 Å². The fourth-order valence-corrected chi connectivity index (χ4v) is 1.61. The second-order valence-corrected chi connectivity index (χ2v) is 3.62. The lowest BCUT2D eigenvalue weighted by atomic mass is 10.0. The van der Waals surface area contributed by atoms with Gasteiger partial charge in [-0.1, -0.05) is 23.9 Å². The molecule has 18 heavy (non-hydrogen) atoms. The third kappa shape index (κ3) is 1.99. The van der Waals surface area contributed by atoms with E-state index in [1.54, 1.807) is 0 Å². The molecule has 0 bridgehead atoms. The zero-order valence-corrected chi connectivity index (χ0v) is 8.69. The largest absolute Gasteiger partial charge is 0.870 e. The maximum absolute atomic E-state index is 12.6. The van der Waals surface area contributed by atoms with E-state index >= 15 is 0 Å². The Balaban J connectivity index is 2.57. The second kappa shape index (κ2) is 3.94. The number of ether oxygens (including phenoxy) is 1. The van der Waals surface area contributed by atoms with Gasteiger partial charge in [0.2, 0.25) is 6.10 Å². The first-order chi connectivity index (χ1) is 8.30.